The van der Waals surface area contributed by atoms with Gasteiger partial charge in [0.05, 0.1) is 12.7 Å². The summed E-state index contributed by atoms with van der Waals surface area (Å²) in [6.45, 7) is 6.67. The fraction of sp³-hybridized carbons (Fsp3) is 0.308. The number of benzene rings is 1. The van der Waals surface area contributed by atoms with Crippen LogP contribution in [0.25, 0.3) is 0 Å². The molecule has 5 nitrogen and oxygen atoms in total. The molecule has 0 aliphatic rings. The van der Waals surface area contributed by atoms with E-state index in [1.165, 1.54) is 29.1 Å². The molecule has 0 aliphatic heterocycles. The number of hydrogen-bond donors (Lipinski definition) is 1. The third kappa shape index (κ3) is 3.02. The molecule has 102 valence electrons. The molecule has 0 saturated carbocycles. The number of sulfonamides is 1. The van der Waals surface area contributed by atoms with Gasteiger partial charge in [-0.25, -0.2) is 13.6 Å². The lowest BCUT2D eigenvalue weighted by atomic mass is 10.00. The quantitative estimate of drug-likeness (QED) is 0.925. The fourth-order valence-electron chi connectivity index (χ4n) is 2.20. The van der Waals surface area contributed by atoms with Crippen LogP contribution in [0, 0.1) is 20.8 Å². The number of nitrogens with zero attached hydrogens (tertiary/aromatic N) is 2. The first-order valence-corrected chi connectivity index (χ1v) is 7.44. The zero-order valence-electron chi connectivity index (χ0n) is 11.2. The SMILES string of the molecule is Cc1cc(C)c(Cn2cc(S(N)(=O)=O)cn2)c(C)c1. The van der Waals surface area contributed by atoms with Crippen molar-refractivity contribution >= 4 is 10.0 Å². The summed E-state index contributed by atoms with van der Waals surface area (Å²) in [7, 11) is -3.68. The van der Waals surface area contributed by atoms with Crippen LogP contribution in [0.5, 0.6) is 0 Å². The Labute approximate surface area is 113 Å². The van der Waals surface area contributed by atoms with Crippen molar-refractivity contribution in [2.45, 2.75) is 32.2 Å². The van der Waals surface area contributed by atoms with E-state index in [9.17, 15) is 8.42 Å². The summed E-state index contributed by atoms with van der Waals surface area (Å²) in [6, 6.07) is 4.21. The average Bonchev–Trinajstić information content (AvgIpc) is 2.71. The second-order valence-electron chi connectivity index (χ2n) is 4.80. The first kappa shape index (κ1) is 13.8. The monoisotopic (exact) mass is 279 g/mol. The summed E-state index contributed by atoms with van der Waals surface area (Å²) in [4.78, 5) is 0.0370. The van der Waals surface area contributed by atoms with Crippen molar-refractivity contribution in [3.05, 3.63) is 46.8 Å². The Morgan fingerprint density at radius 2 is 1.79 bits per heavy atom. The average molecular weight is 279 g/mol. The summed E-state index contributed by atoms with van der Waals surface area (Å²) in [6.07, 6.45) is 2.72. The molecule has 19 heavy (non-hydrogen) atoms. The van der Waals surface area contributed by atoms with Crippen LogP contribution in [0.2, 0.25) is 0 Å². The molecular formula is C13H17N3O2S. The van der Waals surface area contributed by atoms with Crippen molar-refractivity contribution in [2.75, 3.05) is 0 Å². The van der Waals surface area contributed by atoms with Gasteiger partial charge in [-0.05, 0) is 37.5 Å². The molecule has 2 rings (SSSR count). The number of nitrogens with two attached hydrogens (primary N) is 1. The standard InChI is InChI=1S/C13H17N3O2S/c1-9-4-10(2)13(11(3)5-9)8-16-7-12(6-15-16)19(14,17)18/h4-7H,8H2,1-3H3,(H2,14,17,18). The Morgan fingerprint density at radius 1 is 1.21 bits per heavy atom. The van der Waals surface area contributed by atoms with Crippen LogP contribution >= 0.6 is 0 Å². The predicted molar refractivity (Wildman–Crippen MR) is 73.4 cm³/mol. The molecule has 0 radical (unpaired) electrons. The molecule has 0 bridgehead atoms. The van der Waals surface area contributed by atoms with Gasteiger partial charge < -0.3 is 0 Å². The van der Waals surface area contributed by atoms with Gasteiger partial charge in [-0.2, -0.15) is 5.10 Å². The summed E-state index contributed by atoms with van der Waals surface area (Å²) in [5.41, 5.74) is 4.70. The van der Waals surface area contributed by atoms with Gasteiger partial charge in [0.2, 0.25) is 10.0 Å². The number of hydrogen-bond acceptors (Lipinski definition) is 3. The van der Waals surface area contributed by atoms with Gasteiger partial charge in [0.1, 0.15) is 4.90 Å². The van der Waals surface area contributed by atoms with E-state index in [1.54, 1.807) is 4.68 Å². The van der Waals surface area contributed by atoms with E-state index < -0.39 is 10.0 Å². The highest BCUT2D eigenvalue weighted by atomic mass is 32.2. The number of aryl methyl sites for hydroxylation is 3. The van der Waals surface area contributed by atoms with Crippen molar-refractivity contribution < 1.29 is 8.42 Å². The van der Waals surface area contributed by atoms with E-state index in [1.807, 2.05) is 13.8 Å². The molecule has 1 heterocycles. The molecule has 0 spiro atoms. The third-order valence-electron chi connectivity index (χ3n) is 3.10. The van der Waals surface area contributed by atoms with Gasteiger partial charge in [0.25, 0.3) is 0 Å². The van der Waals surface area contributed by atoms with Crippen LogP contribution in [0.4, 0.5) is 0 Å². The molecule has 0 fully saturated rings. The second-order valence-corrected chi connectivity index (χ2v) is 6.36. The first-order valence-electron chi connectivity index (χ1n) is 5.89. The predicted octanol–water partition coefficient (Wildman–Crippen LogP) is 1.50. The van der Waals surface area contributed by atoms with Gasteiger partial charge in [-0.3, -0.25) is 4.68 Å². The maximum absolute atomic E-state index is 11.2. The van der Waals surface area contributed by atoms with Crippen LogP contribution < -0.4 is 5.14 Å². The highest BCUT2D eigenvalue weighted by Gasteiger charge is 2.12. The van der Waals surface area contributed by atoms with Crippen molar-refractivity contribution in [1.82, 2.24) is 9.78 Å². The molecule has 6 heteroatoms. The van der Waals surface area contributed by atoms with Crippen molar-refractivity contribution in [2.24, 2.45) is 5.14 Å². The van der Waals surface area contributed by atoms with E-state index in [2.05, 4.69) is 24.2 Å². The summed E-state index contributed by atoms with van der Waals surface area (Å²) in [5, 5.41) is 9.10. The van der Waals surface area contributed by atoms with Crippen molar-refractivity contribution in [3.8, 4) is 0 Å². The van der Waals surface area contributed by atoms with Gasteiger partial charge in [-0.15, -0.1) is 0 Å². The Morgan fingerprint density at radius 3 is 2.26 bits per heavy atom. The molecular weight excluding hydrogens is 262 g/mol. The second kappa shape index (κ2) is 4.79. The molecule has 0 amide bonds. The van der Waals surface area contributed by atoms with Gasteiger partial charge in [-0.1, -0.05) is 17.7 Å². The van der Waals surface area contributed by atoms with E-state index in [4.69, 9.17) is 5.14 Å². The maximum atomic E-state index is 11.2. The Hall–Kier alpha value is -1.66. The lowest BCUT2D eigenvalue weighted by Crippen LogP contribution is -2.11. The summed E-state index contributed by atoms with van der Waals surface area (Å²) >= 11 is 0. The molecule has 1 aromatic heterocycles. The van der Waals surface area contributed by atoms with Crippen LogP contribution in [0.3, 0.4) is 0 Å². The number of rotatable bonds is 3. The summed E-state index contributed by atoms with van der Waals surface area (Å²) in [5.74, 6) is 0. The smallest absolute Gasteiger partial charge is 0.241 e. The van der Waals surface area contributed by atoms with Crippen molar-refractivity contribution in [3.63, 3.8) is 0 Å². The van der Waals surface area contributed by atoms with Gasteiger partial charge in [0.15, 0.2) is 0 Å². The highest BCUT2D eigenvalue weighted by molar-refractivity contribution is 7.89. The number of aromatic nitrogens is 2. The van der Waals surface area contributed by atoms with Crippen LogP contribution in [-0.2, 0) is 16.6 Å². The molecule has 0 saturated heterocycles. The summed E-state index contributed by atoms with van der Waals surface area (Å²) < 4.78 is 24.0. The Balaban J connectivity index is 2.35. The van der Waals surface area contributed by atoms with E-state index in [-0.39, 0.29) is 4.90 Å². The minimum absolute atomic E-state index is 0.0370. The Bertz CT molecular complexity index is 694. The molecule has 0 aliphatic carbocycles. The van der Waals surface area contributed by atoms with Gasteiger partial charge >= 0.3 is 0 Å². The molecule has 0 unspecified atom stereocenters. The van der Waals surface area contributed by atoms with Crippen LogP contribution in [-0.4, -0.2) is 18.2 Å². The zero-order valence-corrected chi connectivity index (χ0v) is 12.0. The van der Waals surface area contributed by atoms with E-state index >= 15 is 0 Å². The maximum Gasteiger partial charge on any atom is 0.241 e. The minimum Gasteiger partial charge on any atom is -0.267 e. The molecule has 2 aromatic rings. The minimum atomic E-state index is -3.68. The third-order valence-corrected chi connectivity index (χ3v) is 3.97. The first-order chi connectivity index (χ1) is 8.77. The van der Waals surface area contributed by atoms with E-state index in [0.29, 0.717) is 6.54 Å². The molecule has 1 aromatic carbocycles. The molecule has 2 N–H and O–H groups in total. The zero-order chi connectivity index (χ0) is 14.2. The highest BCUT2D eigenvalue weighted by Crippen LogP contribution is 2.18. The van der Waals surface area contributed by atoms with Gasteiger partial charge in [0, 0.05) is 6.20 Å². The van der Waals surface area contributed by atoms with E-state index in [0.717, 1.165) is 5.56 Å². The fourth-order valence-corrected chi connectivity index (χ4v) is 2.66. The largest absolute Gasteiger partial charge is 0.267 e. The molecule has 0 atom stereocenters. The lowest BCUT2D eigenvalue weighted by Gasteiger charge is -2.11. The van der Waals surface area contributed by atoms with Crippen LogP contribution in [0.15, 0.2) is 29.4 Å². The number of primary sulfonamides is 1. The van der Waals surface area contributed by atoms with Crippen LogP contribution in [0.1, 0.15) is 22.3 Å². The van der Waals surface area contributed by atoms with Crippen molar-refractivity contribution in [1.29, 1.82) is 0 Å². The Kier molecular flexibility index (Phi) is 3.47. The lowest BCUT2D eigenvalue weighted by molar-refractivity contribution is 0.597. The topological polar surface area (TPSA) is 78.0 Å². The normalized spacial score (nSPS) is 11.8.